The van der Waals surface area contributed by atoms with Crippen molar-refractivity contribution in [2.45, 2.75) is 33.2 Å². The Morgan fingerprint density at radius 3 is 2.07 bits per heavy atom. The fourth-order valence-electron chi connectivity index (χ4n) is 1.86. The Morgan fingerprint density at radius 1 is 1.13 bits per heavy atom. The predicted octanol–water partition coefficient (Wildman–Crippen LogP) is 0.752. The number of hydrogen-bond acceptors (Lipinski definition) is 3. The normalized spacial score (nSPS) is 22.9. The van der Waals surface area contributed by atoms with Gasteiger partial charge in [-0.3, -0.25) is 4.90 Å². The minimum Gasteiger partial charge on any atom is -0.298 e. The highest BCUT2D eigenvalue weighted by Crippen LogP contribution is 2.11. The first-order chi connectivity index (χ1) is 7.01. The molecule has 1 aliphatic heterocycles. The highest BCUT2D eigenvalue weighted by Gasteiger charge is 2.26. The number of nitrogens with zero attached hydrogens (tertiary/aromatic N) is 2. The molecule has 0 aromatic heterocycles. The van der Waals surface area contributed by atoms with Crippen LogP contribution in [-0.2, 0) is 10.0 Å². The molecule has 1 saturated heterocycles. The summed E-state index contributed by atoms with van der Waals surface area (Å²) in [6, 6.07) is 0.566. The van der Waals surface area contributed by atoms with Crippen molar-refractivity contribution in [2.75, 3.05) is 31.9 Å². The molecule has 4 nitrogen and oxygen atoms in total. The lowest BCUT2D eigenvalue weighted by atomic mass is 10.2. The summed E-state index contributed by atoms with van der Waals surface area (Å²) in [5.41, 5.74) is 0. The summed E-state index contributed by atoms with van der Waals surface area (Å²) in [5, 5.41) is 0. The van der Waals surface area contributed by atoms with E-state index in [4.69, 9.17) is 0 Å². The average Bonchev–Trinajstić information content (AvgIpc) is 2.28. The summed E-state index contributed by atoms with van der Waals surface area (Å²) in [6.07, 6.45) is 1.13. The van der Waals surface area contributed by atoms with Crippen LogP contribution in [0.3, 0.4) is 0 Å². The van der Waals surface area contributed by atoms with Crippen molar-refractivity contribution in [3.8, 4) is 0 Å². The van der Waals surface area contributed by atoms with Gasteiger partial charge < -0.3 is 0 Å². The fourth-order valence-corrected chi connectivity index (χ4v) is 2.95. The van der Waals surface area contributed by atoms with Gasteiger partial charge in [-0.25, -0.2) is 8.42 Å². The molecule has 15 heavy (non-hydrogen) atoms. The molecule has 0 radical (unpaired) electrons. The van der Waals surface area contributed by atoms with Crippen LogP contribution in [0.25, 0.3) is 0 Å². The SMILES string of the molecule is CCC(C)N1CCN(S(=O)(=O)CC)CC1. The van der Waals surface area contributed by atoms with Crippen LogP contribution in [0.1, 0.15) is 27.2 Å². The van der Waals surface area contributed by atoms with Crippen LogP contribution in [0.2, 0.25) is 0 Å². The zero-order chi connectivity index (χ0) is 11.5. The van der Waals surface area contributed by atoms with Gasteiger partial charge in [-0.2, -0.15) is 4.31 Å². The van der Waals surface area contributed by atoms with Gasteiger partial charge in [0, 0.05) is 32.2 Å². The van der Waals surface area contributed by atoms with Crippen molar-refractivity contribution < 1.29 is 8.42 Å². The molecule has 0 N–H and O–H groups in total. The van der Waals surface area contributed by atoms with E-state index in [-0.39, 0.29) is 5.75 Å². The van der Waals surface area contributed by atoms with Crippen LogP contribution in [0.5, 0.6) is 0 Å². The van der Waals surface area contributed by atoms with Crippen molar-refractivity contribution in [1.82, 2.24) is 9.21 Å². The van der Waals surface area contributed by atoms with Gasteiger partial charge in [0.15, 0.2) is 0 Å². The van der Waals surface area contributed by atoms with Gasteiger partial charge in [0.1, 0.15) is 0 Å². The number of piperazine rings is 1. The van der Waals surface area contributed by atoms with Crippen molar-refractivity contribution >= 4 is 10.0 Å². The minimum atomic E-state index is -2.97. The maximum absolute atomic E-state index is 11.6. The van der Waals surface area contributed by atoms with E-state index in [1.54, 1.807) is 11.2 Å². The summed E-state index contributed by atoms with van der Waals surface area (Å²) in [4.78, 5) is 2.36. The molecule has 0 aromatic rings. The molecule has 1 unspecified atom stereocenters. The van der Waals surface area contributed by atoms with E-state index in [9.17, 15) is 8.42 Å². The lowest BCUT2D eigenvalue weighted by molar-refractivity contribution is 0.143. The van der Waals surface area contributed by atoms with E-state index in [0.29, 0.717) is 19.1 Å². The van der Waals surface area contributed by atoms with Crippen molar-refractivity contribution in [2.24, 2.45) is 0 Å². The second kappa shape index (κ2) is 5.27. The quantitative estimate of drug-likeness (QED) is 0.721. The maximum Gasteiger partial charge on any atom is 0.213 e. The van der Waals surface area contributed by atoms with Gasteiger partial charge in [0.25, 0.3) is 0 Å². The van der Waals surface area contributed by atoms with Crippen LogP contribution < -0.4 is 0 Å². The van der Waals surface area contributed by atoms with Crippen molar-refractivity contribution in [1.29, 1.82) is 0 Å². The van der Waals surface area contributed by atoms with Crippen LogP contribution in [0.15, 0.2) is 0 Å². The second-order valence-electron chi connectivity index (χ2n) is 4.09. The molecule has 0 saturated carbocycles. The zero-order valence-electron chi connectivity index (χ0n) is 9.94. The van der Waals surface area contributed by atoms with Gasteiger partial charge in [-0.1, -0.05) is 6.92 Å². The van der Waals surface area contributed by atoms with Gasteiger partial charge in [-0.15, -0.1) is 0 Å². The summed E-state index contributed by atoms with van der Waals surface area (Å²) < 4.78 is 24.8. The van der Waals surface area contributed by atoms with Gasteiger partial charge in [-0.05, 0) is 20.3 Å². The highest BCUT2D eigenvalue weighted by molar-refractivity contribution is 7.89. The van der Waals surface area contributed by atoms with Gasteiger partial charge >= 0.3 is 0 Å². The Hall–Kier alpha value is -0.130. The molecular formula is C10H22N2O2S. The van der Waals surface area contributed by atoms with Crippen LogP contribution in [0, 0.1) is 0 Å². The van der Waals surface area contributed by atoms with Gasteiger partial charge in [0.05, 0.1) is 5.75 Å². The summed E-state index contributed by atoms with van der Waals surface area (Å²) in [6.45, 7) is 9.11. The molecule has 0 bridgehead atoms. The molecule has 0 aliphatic carbocycles. The van der Waals surface area contributed by atoms with Crippen LogP contribution >= 0.6 is 0 Å². The monoisotopic (exact) mass is 234 g/mol. The Bertz CT molecular complexity index is 282. The third-order valence-corrected chi connectivity index (χ3v) is 5.13. The molecule has 1 fully saturated rings. The molecule has 5 heteroatoms. The molecule has 1 atom stereocenters. The van der Waals surface area contributed by atoms with Crippen LogP contribution in [0.4, 0.5) is 0 Å². The van der Waals surface area contributed by atoms with Crippen LogP contribution in [-0.4, -0.2) is 55.6 Å². The first kappa shape index (κ1) is 12.9. The second-order valence-corrected chi connectivity index (χ2v) is 6.35. The minimum absolute atomic E-state index is 0.219. The number of rotatable bonds is 4. The Balaban J connectivity index is 2.49. The number of sulfonamides is 1. The van der Waals surface area contributed by atoms with E-state index in [1.165, 1.54) is 0 Å². The van der Waals surface area contributed by atoms with E-state index in [1.807, 2.05) is 0 Å². The molecule has 0 amide bonds. The van der Waals surface area contributed by atoms with Crippen molar-refractivity contribution in [3.05, 3.63) is 0 Å². The zero-order valence-corrected chi connectivity index (χ0v) is 10.8. The fraction of sp³-hybridized carbons (Fsp3) is 1.00. The van der Waals surface area contributed by atoms with Gasteiger partial charge in [0.2, 0.25) is 10.0 Å². The predicted molar refractivity (Wildman–Crippen MR) is 62.4 cm³/mol. The molecule has 1 rings (SSSR count). The lowest BCUT2D eigenvalue weighted by Crippen LogP contribution is -2.51. The van der Waals surface area contributed by atoms with E-state index >= 15 is 0 Å². The Labute approximate surface area is 93.3 Å². The largest absolute Gasteiger partial charge is 0.298 e. The number of hydrogen-bond donors (Lipinski definition) is 0. The van der Waals surface area contributed by atoms with E-state index in [2.05, 4.69) is 18.7 Å². The summed E-state index contributed by atoms with van der Waals surface area (Å²) >= 11 is 0. The van der Waals surface area contributed by atoms with E-state index in [0.717, 1.165) is 19.5 Å². The third kappa shape index (κ3) is 3.16. The summed E-state index contributed by atoms with van der Waals surface area (Å²) in [7, 11) is -2.97. The standard InChI is InChI=1S/C10H22N2O2S/c1-4-10(3)11-6-8-12(9-7-11)15(13,14)5-2/h10H,4-9H2,1-3H3. The molecule has 0 aromatic carbocycles. The molecule has 90 valence electrons. The third-order valence-electron chi connectivity index (χ3n) is 3.25. The molecule has 1 aliphatic rings. The maximum atomic E-state index is 11.6. The average molecular weight is 234 g/mol. The Kier molecular flexibility index (Phi) is 4.55. The first-order valence-corrected chi connectivity index (χ1v) is 7.34. The first-order valence-electron chi connectivity index (χ1n) is 5.73. The topological polar surface area (TPSA) is 40.6 Å². The smallest absolute Gasteiger partial charge is 0.213 e. The van der Waals surface area contributed by atoms with Crippen molar-refractivity contribution in [3.63, 3.8) is 0 Å². The lowest BCUT2D eigenvalue weighted by Gasteiger charge is -2.37. The molecule has 0 spiro atoms. The van der Waals surface area contributed by atoms with E-state index < -0.39 is 10.0 Å². The Morgan fingerprint density at radius 2 is 1.67 bits per heavy atom. The molecule has 1 heterocycles. The summed E-state index contributed by atoms with van der Waals surface area (Å²) in [5.74, 6) is 0.219. The molecular weight excluding hydrogens is 212 g/mol. The highest BCUT2D eigenvalue weighted by atomic mass is 32.2.